The molecule has 110 valence electrons. The molecule has 4 heteroatoms. The van der Waals surface area contributed by atoms with Gasteiger partial charge < -0.3 is 9.67 Å². The standard InChI is InChI=1S/C17H19ClN2O/c1-19-8-10(9-21)6-12-11-4-3-5-14-16(11)13(7-15(12)19)17(18)20(14)2/h3-6,12,15,21H,7-9H2,1-2H3/t12-,15-/m1/s1. The summed E-state index contributed by atoms with van der Waals surface area (Å²) in [5, 5.41) is 11.7. The van der Waals surface area contributed by atoms with Crippen LogP contribution in [0.2, 0.25) is 5.15 Å². The van der Waals surface area contributed by atoms with Crippen LogP contribution in [0.1, 0.15) is 17.0 Å². The van der Waals surface area contributed by atoms with Crippen LogP contribution >= 0.6 is 11.6 Å². The topological polar surface area (TPSA) is 28.4 Å². The zero-order valence-electron chi connectivity index (χ0n) is 12.3. The van der Waals surface area contributed by atoms with E-state index in [0.717, 1.165) is 23.7 Å². The normalized spacial score (nSPS) is 25.0. The molecule has 3 nitrogen and oxygen atoms in total. The summed E-state index contributed by atoms with van der Waals surface area (Å²) in [6.07, 6.45) is 3.24. The molecule has 2 atom stereocenters. The fourth-order valence-electron chi connectivity index (χ4n) is 4.06. The van der Waals surface area contributed by atoms with E-state index in [0.29, 0.717) is 12.0 Å². The maximum absolute atomic E-state index is 9.52. The monoisotopic (exact) mass is 302 g/mol. The fraction of sp³-hybridized carbons (Fsp3) is 0.412. The SMILES string of the molecule is CN1CC(CO)=C[C@@H]2c3cccc4c3c(c(Cl)n4C)C[C@H]21. The molecule has 21 heavy (non-hydrogen) atoms. The van der Waals surface area contributed by atoms with Gasteiger partial charge in [0.15, 0.2) is 0 Å². The third-order valence-electron chi connectivity index (χ3n) is 5.11. The van der Waals surface area contributed by atoms with Gasteiger partial charge in [-0.2, -0.15) is 0 Å². The van der Waals surface area contributed by atoms with Crippen molar-refractivity contribution in [3.05, 3.63) is 46.1 Å². The maximum Gasteiger partial charge on any atom is 0.113 e. The van der Waals surface area contributed by atoms with Crippen molar-refractivity contribution in [1.29, 1.82) is 0 Å². The first-order valence-electron chi connectivity index (χ1n) is 7.38. The quantitative estimate of drug-likeness (QED) is 0.821. The third kappa shape index (κ3) is 1.75. The van der Waals surface area contributed by atoms with Gasteiger partial charge in [0, 0.05) is 36.5 Å². The molecule has 4 rings (SSSR count). The zero-order chi connectivity index (χ0) is 14.7. The molecule has 0 bridgehead atoms. The van der Waals surface area contributed by atoms with E-state index >= 15 is 0 Å². The third-order valence-corrected chi connectivity index (χ3v) is 5.59. The molecule has 1 aromatic heterocycles. The van der Waals surface area contributed by atoms with Crippen LogP contribution in [0, 0.1) is 0 Å². The lowest BCUT2D eigenvalue weighted by Gasteiger charge is -2.41. The van der Waals surface area contributed by atoms with Gasteiger partial charge in [-0.25, -0.2) is 0 Å². The average Bonchev–Trinajstić information content (AvgIpc) is 2.75. The van der Waals surface area contributed by atoms with Gasteiger partial charge in [0.2, 0.25) is 0 Å². The first kappa shape index (κ1) is 13.4. The molecular weight excluding hydrogens is 284 g/mol. The van der Waals surface area contributed by atoms with Gasteiger partial charge in [-0.1, -0.05) is 29.8 Å². The van der Waals surface area contributed by atoms with Crippen molar-refractivity contribution in [3.8, 4) is 0 Å². The van der Waals surface area contributed by atoms with E-state index in [1.807, 2.05) is 7.05 Å². The van der Waals surface area contributed by atoms with Crippen molar-refractivity contribution in [1.82, 2.24) is 9.47 Å². The predicted octanol–water partition coefficient (Wildman–Crippen LogP) is 2.70. The molecule has 0 radical (unpaired) electrons. The number of aromatic nitrogens is 1. The van der Waals surface area contributed by atoms with Crippen LogP contribution < -0.4 is 0 Å². The molecule has 2 aliphatic rings. The summed E-state index contributed by atoms with van der Waals surface area (Å²) >= 11 is 6.57. The van der Waals surface area contributed by atoms with Crippen molar-refractivity contribution in [3.63, 3.8) is 0 Å². The number of aliphatic hydroxyl groups excluding tert-OH is 1. The number of aliphatic hydroxyl groups is 1. The van der Waals surface area contributed by atoms with Crippen molar-refractivity contribution in [2.45, 2.75) is 18.4 Å². The van der Waals surface area contributed by atoms with E-state index < -0.39 is 0 Å². The summed E-state index contributed by atoms with van der Waals surface area (Å²) in [5.41, 5.74) is 4.94. The van der Waals surface area contributed by atoms with Crippen LogP contribution in [0.3, 0.4) is 0 Å². The van der Waals surface area contributed by atoms with E-state index in [9.17, 15) is 5.11 Å². The minimum atomic E-state index is 0.145. The van der Waals surface area contributed by atoms with Gasteiger partial charge in [0.05, 0.1) is 6.61 Å². The van der Waals surface area contributed by atoms with Crippen molar-refractivity contribution in [2.24, 2.45) is 7.05 Å². The smallest absolute Gasteiger partial charge is 0.113 e. The fourth-order valence-corrected chi connectivity index (χ4v) is 4.33. The zero-order valence-corrected chi connectivity index (χ0v) is 13.1. The average molecular weight is 303 g/mol. The second kappa shape index (κ2) is 4.60. The highest BCUT2D eigenvalue weighted by Gasteiger charge is 2.37. The maximum atomic E-state index is 9.52. The van der Waals surface area contributed by atoms with E-state index in [2.05, 4.69) is 40.8 Å². The first-order chi connectivity index (χ1) is 10.1. The number of benzene rings is 1. The largest absolute Gasteiger partial charge is 0.392 e. The molecule has 1 aromatic carbocycles. The molecule has 2 heterocycles. The summed E-state index contributed by atoms with van der Waals surface area (Å²) in [6.45, 7) is 0.985. The summed E-state index contributed by atoms with van der Waals surface area (Å²) in [5.74, 6) is 0.348. The minimum absolute atomic E-state index is 0.145. The molecule has 0 saturated heterocycles. The van der Waals surface area contributed by atoms with E-state index in [1.54, 1.807) is 0 Å². The van der Waals surface area contributed by atoms with Crippen LogP contribution in [0.4, 0.5) is 0 Å². The molecule has 0 amide bonds. The number of rotatable bonds is 1. The molecule has 1 aliphatic carbocycles. The lowest BCUT2D eigenvalue weighted by Crippen LogP contribution is -2.44. The lowest BCUT2D eigenvalue weighted by atomic mass is 9.77. The van der Waals surface area contributed by atoms with Crippen molar-refractivity contribution < 1.29 is 5.11 Å². The van der Waals surface area contributed by atoms with Crippen molar-refractivity contribution >= 4 is 22.5 Å². The Bertz CT molecular complexity index is 762. The van der Waals surface area contributed by atoms with E-state index in [4.69, 9.17) is 11.6 Å². The molecule has 2 aromatic rings. The summed E-state index contributed by atoms with van der Waals surface area (Å²) in [7, 11) is 4.17. The number of nitrogens with zero attached hydrogens (tertiary/aromatic N) is 2. The van der Waals surface area contributed by atoms with Gasteiger partial charge in [-0.05, 0) is 36.2 Å². The molecule has 0 unspecified atom stereocenters. The number of likely N-dealkylation sites (N-methyl/N-ethyl adjacent to an activating group) is 1. The van der Waals surface area contributed by atoms with Crippen LogP contribution in [0.15, 0.2) is 29.8 Å². The molecule has 1 N–H and O–H groups in total. The number of hydrogen-bond acceptors (Lipinski definition) is 2. The van der Waals surface area contributed by atoms with Gasteiger partial charge in [0.25, 0.3) is 0 Å². The molecule has 0 fully saturated rings. The highest BCUT2D eigenvalue weighted by atomic mass is 35.5. The summed E-state index contributed by atoms with van der Waals surface area (Å²) in [6, 6.07) is 6.89. The van der Waals surface area contributed by atoms with Gasteiger partial charge in [0.1, 0.15) is 5.15 Å². The highest BCUT2D eigenvalue weighted by molar-refractivity contribution is 6.32. The van der Waals surface area contributed by atoms with Crippen LogP contribution in [-0.2, 0) is 13.5 Å². The number of halogens is 1. The minimum Gasteiger partial charge on any atom is -0.392 e. The Hall–Kier alpha value is -1.29. The Morgan fingerprint density at radius 1 is 1.33 bits per heavy atom. The number of hydrogen-bond donors (Lipinski definition) is 1. The second-order valence-electron chi connectivity index (χ2n) is 6.27. The van der Waals surface area contributed by atoms with Gasteiger partial charge in [-0.15, -0.1) is 0 Å². The van der Waals surface area contributed by atoms with Crippen LogP contribution in [0.5, 0.6) is 0 Å². The van der Waals surface area contributed by atoms with Gasteiger partial charge in [-0.3, -0.25) is 4.90 Å². The molecule has 1 aliphatic heterocycles. The Kier molecular flexibility index (Phi) is 2.93. The number of fused-ring (bicyclic) bond motifs is 2. The van der Waals surface area contributed by atoms with E-state index in [-0.39, 0.29) is 6.61 Å². The predicted molar refractivity (Wildman–Crippen MR) is 86.0 cm³/mol. The van der Waals surface area contributed by atoms with E-state index in [1.165, 1.54) is 22.0 Å². The van der Waals surface area contributed by atoms with Crippen LogP contribution in [0.25, 0.3) is 10.9 Å². The Morgan fingerprint density at radius 3 is 2.90 bits per heavy atom. The molecule has 0 spiro atoms. The van der Waals surface area contributed by atoms with Crippen LogP contribution in [-0.4, -0.2) is 40.8 Å². The Labute approximate surface area is 129 Å². The van der Waals surface area contributed by atoms with Crippen molar-refractivity contribution in [2.75, 3.05) is 20.2 Å². The number of aryl methyl sites for hydroxylation is 1. The lowest BCUT2D eigenvalue weighted by molar-refractivity contribution is 0.208. The second-order valence-corrected chi connectivity index (χ2v) is 6.62. The molecular formula is C17H19ClN2O. The first-order valence-corrected chi connectivity index (χ1v) is 7.76. The molecule has 0 saturated carbocycles. The summed E-state index contributed by atoms with van der Waals surface area (Å²) < 4.78 is 2.09. The van der Waals surface area contributed by atoms with Gasteiger partial charge >= 0.3 is 0 Å². The Morgan fingerprint density at radius 2 is 2.14 bits per heavy atom. The Balaban J connectivity index is 2.00. The highest BCUT2D eigenvalue weighted by Crippen LogP contribution is 2.44. The summed E-state index contributed by atoms with van der Waals surface area (Å²) in [4.78, 5) is 2.35.